The Kier molecular flexibility index (Phi) is 5.07. The van der Waals surface area contributed by atoms with Gasteiger partial charge in [-0.1, -0.05) is 35.4 Å². The highest BCUT2D eigenvalue weighted by molar-refractivity contribution is 9.10. The molecule has 1 aromatic rings. The Morgan fingerprint density at radius 3 is 2.62 bits per heavy atom. The highest BCUT2D eigenvalue weighted by atomic mass is 79.9. The van der Waals surface area contributed by atoms with Gasteiger partial charge in [0.2, 0.25) is 0 Å². The van der Waals surface area contributed by atoms with Crippen LogP contribution >= 0.6 is 15.9 Å². The summed E-state index contributed by atoms with van der Waals surface area (Å²) in [5, 5.41) is 0. The van der Waals surface area contributed by atoms with E-state index in [2.05, 4.69) is 55.8 Å². The van der Waals surface area contributed by atoms with Crippen LogP contribution in [0.1, 0.15) is 39.2 Å². The van der Waals surface area contributed by atoms with Crippen LogP contribution in [0.25, 0.3) is 0 Å². The van der Waals surface area contributed by atoms with E-state index in [0.29, 0.717) is 12.5 Å². The zero-order valence-corrected chi connectivity index (χ0v) is 12.0. The molecule has 0 heterocycles. The largest absolute Gasteiger partial charge is 0.489 e. The SMILES string of the molecule is CC(C)=CCOc1ccc(Br)cc1C(C)C. The van der Waals surface area contributed by atoms with Gasteiger partial charge in [-0.15, -0.1) is 0 Å². The molecule has 0 atom stereocenters. The summed E-state index contributed by atoms with van der Waals surface area (Å²) < 4.78 is 6.87. The lowest BCUT2D eigenvalue weighted by molar-refractivity contribution is 0.356. The minimum atomic E-state index is 0.471. The molecule has 0 aliphatic carbocycles. The van der Waals surface area contributed by atoms with E-state index in [-0.39, 0.29) is 0 Å². The third-order valence-electron chi connectivity index (χ3n) is 2.32. The molecule has 88 valence electrons. The normalized spacial score (nSPS) is 10.4. The van der Waals surface area contributed by atoms with Crippen LogP contribution in [0.5, 0.6) is 5.75 Å². The van der Waals surface area contributed by atoms with E-state index >= 15 is 0 Å². The summed E-state index contributed by atoms with van der Waals surface area (Å²) >= 11 is 3.49. The maximum atomic E-state index is 5.77. The smallest absolute Gasteiger partial charge is 0.123 e. The molecule has 0 N–H and O–H groups in total. The first-order valence-electron chi connectivity index (χ1n) is 5.56. The third-order valence-corrected chi connectivity index (χ3v) is 2.82. The van der Waals surface area contributed by atoms with Crippen LogP contribution < -0.4 is 4.74 Å². The van der Waals surface area contributed by atoms with Crippen molar-refractivity contribution in [1.82, 2.24) is 0 Å². The highest BCUT2D eigenvalue weighted by Crippen LogP contribution is 2.29. The van der Waals surface area contributed by atoms with Gasteiger partial charge in [-0.25, -0.2) is 0 Å². The second kappa shape index (κ2) is 6.09. The molecule has 0 saturated heterocycles. The Bertz CT molecular complexity index is 376. The van der Waals surface area contributed by atoms with Crippen molar-refractivity contribution >= 4 is 15.9 Å². The van der Waals surface area contributed by atoms with Crippen LogP contribution in [0.4, 0.5) is 0 Å². The molecular formula is C14H19BrO. The van der Waals surface area contributed by atoms with Gasteiger partial charge in [0.25, 0.3) is 0 Å². The number of hydrogen-bond donors (Lipinski definition) is 0. The van der Waals surface area contributed by atoms with Crippen molar-refractivity contribution in [1.29, 1.82) is 0 Å². The van der Waals surface area contributed by atoms with Gasteiger partial charge in [-0.05, 0) is 49.6 Å². The summed E-state index contributed by atoms with van der Waals surface area (Å²) in [6, 6.07) is 6.17. The molecule has 0 aromatic heterocycles. The summed E-state index contributed by atoms with van der Waals surface area (Å²) in [6.45, 7) is 9.15. The molecule has 0 radical (unpaired) electrons. The second-order valence-electron chi connectivity index (χ2n) is 4.43. The molecule has 1 aromatic carbocycles. The van der Waals surface area contributed by atoms with Crippen LogP contribution in [-0.2, 0) is 0 Å². The lowest BCUT2D eigenvalue weighted by Gasteiger charge is -2.13. The molecule has 0 amide bonds. The standard InChI is InChI=1S/C14H19BrO/c1-10(2)7-8-16-14-6-5-12(15)9-13(14)11(3)4/h5-7,9,11H,8H2,1-4H3. The Labute approximate surface area is 107 Å². The molecule has 0 fully saturated rings. The lowest BCUT2D eigenvalue weighted by atomic mass is 10.0. The summed E-state index contributed by atoms with van der Waals surface area (Å²) in [6.07, 6.45) is 2.09. The predicted molar refractivity (Wildman–Crippen MR) is 73.2 cm³/mol. The summed E-state index contributed by atoms with van der Waals surface area (Å²) in [5.74, 6) is 1.45. The van der Waals surface area contributed by atoms with Crippen LogP contribution in [0.15, 0.2) is 34.3 Å². The third kappa shape index (κ3) is 4.01. The van der Waals surface area contributed by atoms with Crippen molar-refractivity contribution in [3.05, 3.63) is 39.9 Å². The van der Waals surface area contributed by atoms with Gasteiger partial charge in [0.15, 0.2) is 0 Å². The number of halogens is 1. The fourth-order valence-corrected chi connectivity index (χ4v) is 1.78. The molecule has 16 heavy (non-hydrogen) atoms. The first-order valence-corrected chi connectivity index (χ1v) is 6.35. The van der Waals surface area contributed by atoms with Crippen LogP contribution in [0, 0.1) is 0 Å². The zero-order valence-electron chi connectivity index (χ0n) is 10.4. The number of benzene rings is 1. The second-order valence-corrected chi connectivity index (χ2v) is 5.35. The summed E-state index contributed by atoms with van der Waals surface area (Å²) in [7, 11) is 0. The van der Waals surface area contributed by atoms with Gasteiger partial charge in [0.05, 0.1) is 0 Å². The van der Waals surface area contributed by atoms with E-state index in [4.69, 9.17) is 4.74 Å². The molecule has 0 bridgehead atoms. The molecular weight excluding hydrogens is 264 g/mol. The van der Waals surface area contributed by atoms with Crippen LogP contribution in [0.3, 0.4) is 0 Å². The van der Waals surface area contributed by atoms with Crippen LogP contribution in [-0.4, -0.2) is 6.61 Å². The van der Waals surface area contributed by atoms with Gasteiger partial charge in [0, 0.05) is 4.47 Å². The minimum Gasteiger partial charge on any atom is -0.489 e. The van der Waals surface area contributed by atoms with Crippen molar-refractivity contribution in [2.75, 3.05) is 6.61 Å². The number of hydrogen-bond acceptors (Lipinski definition) is 1. The highest BCUT2D eigenvalue weighted by Gasteiger charge is 2.07. The fraction of sp³-hybridized carbons (Fsp3) is 0.429. The molecule has 2 heteroatoms. The van der Waals surface area contributed by atoms with Crippen molar-refractivity contribution in [3.63, 3.8) is 0 Å². The lowest BCUT2D eigenvalue weighted by Crippen LogP contribution is -1.99. The molecule has 0 spiro atoms. The average molecular weight is 283 g/mol. The molecule has 1 nitrogen and oxygen atoms in total. The fourth-order valence-electron chi connectivity index (χ4n) is 1.40. The van der Waals surface area contributed by atoms with Gasteiger partial charge >= 0.3 is 0 Å². The molecule has 0 unspecified atom stereocenters. The average Bonchev–Trinajstić information content (AvgIpc) is 2.19. The Hall–Kier alpha value is -0.760. The summed E-state index contributed by atoms with van der Waals surface area (Å²) in [4.78, 5) is 0. The summed E-state index contributed by atoms with van der Waals surface area (Å²) in [5.41, 5.74) is 2.53. The van der Waals surface area contributed by atoms with Crippen molar-refractivity contribution in [2.45, 2.75) is 33.6 Å². The molecule has 0 saturated carbocycles. The topological polar surface area (TPSA) is 9.23 Å². The van der Waals surface area contributed by atoms with E-state index < -0.39 is 0 Å². The first-order chi connectivity index (χ1) is 7.50. The molecule has 0 aliphatic heterocycles. The Balaban J connectivity index is 2.82. The zero-order chi connectivity index (χ0) is 12.1. The predicted octanol–water partition coefficient (Wildman–Crippen LogP) is 4.92. The maximum Gasteiger partial charge on any atom is 0.123 e. The Morgan fingerprint density at radius 1 is 1.38 bits per heavy atom. The van der Waals surface area contributed by atoms with E-state index in [1.54, 1.807) is 0 Å². The quantitative estimate of drug-likeness (QED) is 0.713. The van der Waals surface area contributed by atoms with E-state index in [9.17, 15) is 0 Å². The van der Waals surface area contributed by atoms with Crippen molar-refractivity contribution in [2.24, 2.45) is 0 Å². The maximum absolute atomic E-state index is 5.77. The number of ether oxygens (including phenoxy) is 1. The van der Waals surface area contributed by atoms with E-state index in [0.717, 1.165) is 10.2 Å². The van der Waals surface area contributed by atoms with Gasteiger partial charge < -0.3 is 4.74 Å². The number of rotatable bonds is 4. The van der Waals surface area contributed by atoms with Gasteiger partial charge in [-0.2, -0.15) is 0 Å². The molecule has 0 aliphatic rings. The van der Waals surface area contributed by atoms with E-state index in [1.165, 1.54) is 11.1 Å². The Morgan fingerprint density at radius 2 is 2.06 bits per heavy atom. The number of allylic oxidation sites excluding steroid dienone is 1. The monoisotopic (exact) mass is 282 g/mol. The molecule has 1 rings (SSSR count). The van der Waals surface area contributed by atoms with Gasteiger partial charge in [-0.3, -0.25) is 0 Å². The minimum absolute atomic E-state index is 0.471. The van der Waals surface area contributed by atoms with Crippen LogP contribution in [0.2, 0.25) is 0 Å². The van der Waals surface area contributed by atoms with Crippen molar-refractivity contribution < 1.29 is 4.74 Å². The van der Waals surface area contributed by atoms with Gasteiger partial charge in [0.1, 0.15) is 12.4 Å². The first kappa shape index (κ1) is 13.3. The van der Waals surface area contributed by atoms with E-state index in [1.807, 2.05) is 12.1 Å². The van der Waals surface area contributed by atoms with Crippen molar-refractivity contribution in [3.8, 4) is 5.75 Å².